The van der Waals surface area contributed by atoms with Gasteiger partial charge in [-0.1, -0.05) is 37.0 Å². The van der Waals surface area contributed by atoms with Crippen LogP contribution in [0.25, 0.3) is 0 Å². The molecule has 1 aliphatic carbocycles. The molecule has 0 unspecified atom stereocenters. The number of Topliss-reactive ketones (excluding diaryl/α,β-unsaturated/α-hetero) is 1. The highest BCUT2D eigenvalue weighted by Gasteiger charge is 2.31. The number of hydrogen-bond acceptors (Lipinski definition) is 4. The lowest BCUT2D eigenvalue weighted by Gasteiger charge is -2.37. The molecule has 1 aromatic carbocycles. The van der Waals surface area contributed by atoms with Crippen molar-refractivity contribution in [3.8, 4) is 0 Å². The second-order valence-electron chi connectivity index (χ2n) is 7.46. The number of ketones is 1. The van der Waals surface area contributed by atoms with E-state index in [1.165, 1.54) is 19.3 Å². The largest absolute Gasteiger partial charge is 0.300 e. The molecule has 1 fully saturated rings. The first-order chi connectivity index (χ1) is 11.8. The van der Waals surface area contributed by atoms with Gasteiger partial charge in [-0.05, 0) is 63.5 Å². The summed E-state index contributed by atoms with van der Waals surface area (Å²) in [7, 11) is -3.68. The van der Waals surface area contributed by atoms with Gasteiger partial charge < -0.3 is 4.79 Å². The van der Waals surface area contributed by atoms with Gasteiger partial charge in [0.25, 0.3) is 10.1 Å². The first-order valence-corrected chi connectivity index (χ1v) is 10.7. The molecule has 0 atom stereocenters. The van der Waals surface area contributed by atoms with Crippen molar-refractivity contribution in [2.75, 3.05) is 6.61 Å². The Morgan fingerprint density at radius 3 is 2.32 bits per heavy atom. The van der Waals surface area contributed by atoms with Crippen LogP contribution in [0.1, 0.15) is 70.3 Å². The number of aryl methyl sites for hydroxylation is 1. The summed E-state index contributed by atoms with van der Waals surface area (Å²) in [5.41, 5.74) is 1.21. The molecule has 0 saturated heterocycles. The van der Waals surface area contributed by atoms with Gasteiger partial charge in [-0.3, -0.25) is 4.18 Å². The van der Waals surface area contributed by atoms with Crippen LogP contribution in [0.4, 0.5) is 0 Å². The first kappa shape index (κ1) is 20.1. The van der Waals surface area contributed by atoms with Crippen molar-refractivity contribution in [3.05, 3.63) is 29.8 Å². The molecule has 0 aliphatic heterocycles. The maximum Gasteiger partial charge on any atom is 0.296 e. The summed E-state index contributed by atoms with van der Waals surface area (Å²) in [6.07, 6.45) is 9.17. The fourth-order valence-corrected chi connectivity index (χ4v) is 4.70. The Bertz CT molecular complexity index is 655. The van der Waals surface area contributed by atoms with Gasteiger partial charge in [0.15, 0.2) is 0 Å². The number of hydrogen-bond donors (Lipinski definition) is 0. The molecule has 0 aromatic heterocycles. The molecule has 4 nitrogen and oxygen atoms in total. The summed E-state index contributed by atoms with van der Waals surface area (Å²) in [6, 6.07) is 6.71. The lowest BCUT2D eigenvalue weighted by molar-refractivity contribution is -0.117. The van der Waals surface area contributed by atoms with Crippen LogP contribution in [0.5, 0.6) is 0 Å². The van der Waals surface area contributed by atoms with E-state index in [1.54, 1.807) is 31.2 Å². The van der Waals surface area contributed by atoms with Crippen LogP contribution in [0, 0.1) is 12.3 Å². The molecule has 0 bridgehead atoms. The van der Waals surface area contributed by atoms with Crippen LogP contribution in [0.15, 0.2) is 29.2 Å². The lowest BCUT2D eigenvalue weighted by atomic mass is 9.68. The fraction of sp³-hybridized carbons (Fsp3) is 0.650. The predicted molar refractivity (Wildman–Crippen MR) is 99.0 cm³/mol. The zero-order chi connectivity index (χ0) is 18.3. The molecule has 2 rings (SSSR count). The van der Waals surface area contributed by atoms with E-state index in [-0.39, 0.29) is 22.7 Å². The molecule has 1 aromatic rings. The topological polar surface area (TPSA) is 60.4 Å². The second kappa shape index (κ2) is 8.95. The Labute approximate surface area is 152 Å². The number of carbonyl (C=O) groups is 1. The molecule has 140 valence electrons. The monoisotopic (exact) mass is 366 g/mol. The summed E-state index contributed by atoms with van der Waals surface area (Å²) in [4.78, 5) is 11.6. The smallest absolute Gasteiger partial charge is 0.296 e. The van der Waals surface area contributed by atoms with E-state index in [1.807, 2.05) is 6.92 Å². The van der Waals surface area contributed by atoms with Crippen LogP contribution in [-0.2, 0) is 19.1 Å². The third-order valence-electron chi connectivity index (χ3n) is 5.32. The van der Waals surface area contributed by atoms with Gasteiger partial charge in [0.05, 0.1) is 11.5 Å². The minimum Gasteiger partial charge on any atom is -0.300 e. The van der Waals surface area contributed by atoms with Gasteiger partial charge in [0.2, 0.25) is 0 Å². The summed E-state index contributed by atoms with van der Waals surface area (Å²) < 4.78 is 29.7. The van der Waals surface area contributed by atoms with Crippen LogP contribution in [-0.4, -0.2) is 20.8 Å². The summed E-state index contributed by atoms with van der Waals surface area (Å²) in [5, 5.41) is 0. The van der Waals surface area contributed by atoms with Gasteiger partial charge in [0, 0.05) is 6.42 Å². The van der Waals surface area contributed by atoms with Crippen molar-refractivity contribution in [2.24, 2.45) is 5.41 Å². The van der Waals surface area contributed by atoms with Crippen molar-refractivity contribution in [1.82, 2.24) is 0 Å². The van der Waals surface area contributed by atoms with E-state index in [2.05, 4.69) is 0 Å². The van der Waals surface area contributed by atoms with E-state index >= 15 is 0 Å². The molecule has 1 aliphatic rings. The van der Waals surface area contributed by atoms with Crippen LogP contribution >= 0.6 is 0 Å². The molecule has 1 saturated carbocycles. The van der Waals surface area contributed by atoms with Crippen molar-refractivity contribution >= 4 is 15.9 Å². The van der Waals surface area contributed by atoms with Crippen molar-refractivity contribution < 1.29 is 17.4 Å². The summed E-state index contributed by atoms with van der Waals surface area (Å²) in [5.74, 6) is 0.239. The molecule has 0 N–H and O–H groups in total. The Morgan fingerprint density at radius 1 is 1.08 bits per heavy atom. The highest BCUT2D eigenvalue weighted by molar-refractivity contribution is 7.86. The van der Waals surface area contributed by atoms with E-state index in [0.717, 1.165) is 31.2 Å². The molecule has 0 spiro atoms. The van der Waals surface area contributed by atoms with Gasteiger partial charge in [-0.2, -0.15) is 8.42 Å². The Morgan fingerprint density at radius 2 is 1.72 bits per heavy atom. The average molecular weight is 367 g/mol. The van der Waals surface area contributed by atoms with Crippen molar-refractivity contribution in [3.63, 3.8) is 0 Å². The Kier molecular flexibility index (Phi) is 7.20. The van der Waals surface area contributed by atoms with Crippen molar-refractivity contribution in [2.45, 2.75) is 76.5 Å². The third kappa shape index (κ3) is 6.23. The minimum atomic E-state index is -3.68. The Balaban J connectivity index is 1.86. The lowest BCUT2D eigenvalue weighted by Crippen LogP contribution is -2.25. The van der Waals surface area contributed by atoms with Gasteiger partial charge >= 0.3 is 0 Å². The van der Waals surface area contributed by atoms with Crippen LogP contribution in [0.2, 0.25) is 0 Å². The van der Waals surface area contributed by atoms with E-state index in [0.29, 0.717) is 12.8 Å². The molecule has 5 heteroatoms. The zero-order valence-electron chi connectivity index (χ0n) is 15.4. The number of carbonyl (C=O) groups excluding carboxylic acids is 1. The van der Waals surface area contributed by atoms with Gasteiger partial charge in [-0.15, -0.1) is 0 Å². The van der Waals surface area contributed by atoms with Crippen LogP contribution < -0.4 is 0 Å². The normalized spacial score (nSPS) is 17.4. The summed E-state index contributed by atoms with van der Waals surface area (Å²) in [6.45, 7) is 3.77. The average Bonchev–Trinajstić information content (AvgIpc) is 2.58. The second-order valence-corrected chi connectivity index (χ2v) is 9.07. The van der Waals surface area contributed by atoms with Crippen LogP contribution in [0.3, 0.4) is 0 Å². The van der Waals surface area contributed by atoms with E-state index in [4.69, 9.17) is 4.18 Å². The maximum atomic E-state index is 12.2. The van der Waals surface area contributed by atoms with E-state index in [9.17, 15) is 13.2 Å². The highest BCUT2D eigenvalue weighted by Crippen LogP contribution is 2.44. The molecular weight excluding hydrogens is 336 g/mol. The standard InChI is InChI=1S/C20H30O4S/c1-17-7-9-19(10-8-17)25(22,23)24-16-6-14-20(15-11-18(2)21)12-4-3-5-13-20/h7-10H,3-6,11-16H2,1-2H3. The fourth-order valence-electron chi connectivity index (χ4n) is 3.76. The highest BCUT2D eigenvalue weighted by atomic mass is 32.2. The minimum absolute atomic E-state index is 0.195. The molecule has 25 heavy (non-hydrogen) atoms. The van der Waals surface area contributed by atoms with Gasteiger partial charge in [-0.25, -0.2) is 0 Å². The SMILES string of the molecule is CC(=O)CCC1(CCCOS(=O)(=O)c2ccc(C)cc2)CCCCC1. The summed E-state index contributed by atoms with van der Waals surface area (Å²) >= 11 is 0. The quantitative estimate of drug-likeness (QED) is 0.465. The third-order valence-corrected chi connectivity index (χ3v) is 6.65. The first-order valence-electron chi connectivity index (χ1n) is 9.29. The Hall–Kier alpha value is -1.20. The number of benzene rings is 1. The molecule has 0 radical (unpaired) electrons. The maximum absolute atomic E-state index is 12.2. The van der Waals surface area contributed by atoms with Crippen molar-refractivity contribution in [1.29, 1.82) is 0 Å². The molecule has 0 amide bonds. The molecule has 0 heterocycles. The number of rotatable bonds is 9. The van der Waals surface area contributed by atoms with E-state index < -0.39 is 10.1 Å². The predicted octanol–water partition coefficient (Wildman–Crippen LogP) is 4.80. The van der Waals surface area contributed by atoms with Gasteiger partial charge in [0.1, 0.15) is 5.78 Å². The molecular formula is C20H30O4S. The zero-order valence-corrected chi connectivity index (χ0v) is 16.2.